The third-order valence-electron chi connectivity index (χ3n) is 3.36. The predicted molar refractivity (Wildman–Crippen MR) is 85.7 cm³/mol. The van der Waals surface area contributed by atoms with Crippen molar-refractivity contribution in [1.29, 1.82) is 0 Å². The van der Waals surface area contributed by atoms with Gasteiger partial charge in [-0.2, -0.15) is 0 Å². The fraction of sp³-hybridized carbons (Fsp3) is 0.500. The Morgan fingerprint density at radius 3 is 2.57 bits per heavy atom. The molecule has 0 aliphatic rings. The molecule has 5 heteroatoms. The third kappa shape index (κ3) is 6.67. The third-order valence-corrected chi connectivity index (χ3v) is 4.35. The lowest BCUT2D eigenvalue weighted by Gasteiger charge is -2.14. The maximum absolute atomic E-state index is 11.8. The number of carbonyl (C=O) groups excluding carboxylic acids is 1. The number of amides is 1. The van der Waals surface area contributed by atoms with Crippen LogP contribution in [0.3, 0.4) is 0 Å². The van der Waals surface area contributed by atoms with Gasteiger partial charge in [0.25, 0.3) is 0 Å². The zero-order chi connectivity index (χ0) is 15.8. The van der Waals surface area contributed by atoms with Crippen LogP contribution in [0.25, 0.3) is 0 Å². The van der Waals surface area contributed by atoms with E-state index in [1.807, 2.05) is 6.92 Å². The van der Waals surface area contributed by atoms with Gasteiger partial charge in [-0.05, 0) is 43.5 Å². The lowest BCUT2D eigenvalue weighted by atomic mass is 10.1. The maximum Gasteiger partial charge on any atom is 0.305 e. The SMILES string of the molecule is CCC(CC(=O)O)NC(=O)CCSc1ccc(C)c(C)c1. The average Bonchev–Trinajstić information content (AvgIpc) is 2.41. The van der Waals surface area contributed by atoms with E-state index < -0.39 is 5.97 Å². The number of carboxylic acid groups (broad SMARTS) is 1. The summed E-state index contributed by atoms with van der Waals surface area (Å²) in [7, 11) is 0. The van der Waals surface area contributed by atoms with E-state index in [1.165, 1.54) is 11.1 Å². The minimum atomic E-state index is -0.883. The molecular weight excluding hydrogens is 286 g/mol. The molecular formula is C16H23NO3S. The number of carboxylic acids is 1. The van der Waals surface area contributed by atoms with Crippen LogP contribution in [0.1, 0.15) is 37.3 Å². The second-order valence-corrected chi connectivity index (χ2v) is 6.28. The summed E-state index contributed by atoms with van der Waals surface area (Å²) in [5, 5.41) is 11.5. The van der Waals surface area contributed by atoms with E-state index in [2.05, 4.69) is 37.4 Å². The quantitative estimate of drug-likeness (QED) is 0.724. The number of carbonyl (C=O) groups is 2. The monoisotopic (exact) mass is 309 g/mol. The Morgan fingerprint density at radius 1 is 1.29 bits per heavy atom. The highest BCUT2D eigenvalue weighted by Gasteiger charge is 2.13. The van der Waals surface area contributed by atoms with Crippen molar-refractivity contribution in [2.45, 2.75) is 51.0 Å². The van der Waals surface area contributed by atoms with Crippen LogP contribution in [0.4, 0.5) is 0 Å². The van der Waals surface area contributed by atoms with Gasteiger partial charge in [-0.1, -0.05) is 13.0 Å². The largest absolute Gasteiger partial charge is 0.481 e. The van der Waals surface area contributed by atoms with Crippen LogP contribution in [0.15, 0.2) is 23.1 Å². The van der Waals surface area contributed by atoms with Crippen LogP contribution in [-0.4, -0.2) is 28.8 Å². The van der Waals surface area contributed by atoms with Gasteiger partial charge in [-0.3, -0.25) is 9.59 Å². The number of rotatable bonds is 8. The van der Waals surface area contributed by atoms with Crippen LogP contribution < -0.4 is 5.32 Å². The van der Waals surface area contributed by atoms with Crippen LogP contribution in [0, 0.1) is 13.8 Å². The van der Waals surface area contributed by atoms with Crippen LogP contribution >= 0.6 is 11.8 Å². The molecule has 4 nitrogen and oxygen atoms in total. The number of hydrogen-bond acceptors (Lipinski definition) is 3. The highest BCUT2D eigenvalue weighted by atomic mass is 32.2. The molecule has 1 aromatic rings. The Labute approximate surface area is 130 Å². The first-order chi connectivity index (χ1) is 9.92. The normalized spacial score (nSPS) is 12.0. The fourth-order valence-corrected chi connectivity index (χ4v) is 2.82. The molecule has 0 aliphatic heterocycles. The van der Waals surface area contributed by atoms with Gasteiger partial charge in [0.2, 0.25) is 5.91 Å². The van der Waals surface area contributed by atoms with E-state index >= 15 is 0 Å². The van der Waals surface area contributed by atoms with Crippen molar-refractivity contribution >= 4 is 23.6 Å². The molecule has 1 aromatic carbocycles. The smallest absolute Gasteiger partial charge is 0.305 e. The second-order valence-electron chi connectivity index (χ2n) is 5.12. The molecule has 1 atom stereocenters. The summed E-state index contributed by atoms with van der Waals surface area (Å²) in [5.74, 6) is -0.274. The summed E-state index contributed by atoms with van der Waals surface area (Å²) >= 11 is 1.64. The summed E-state index contributed by atoms with van der Waals surface area (Å²) in [6, 6.07) is 5.99. The van der Waals surface area contributed by atoms with Gasteiger partial charge < -0.3 is 10.4 Å². The van der Waals surface area contributed by atoms with Crippen molar-refractivity contribution in [3.63, 3.8) is 0 Å². The zero-order valence-corrected chi connectivity index (χ0v) is 13.6. The first-order valence-corrected chi connectivity index (χ1v) is 8.12. The molecule has 0 heterocycles. The summed E-state index contributed by atoms with van der Waals surface area (Å²) in [6.45, 7) is 6.02. The van der Waals surface area contributed by atoms with Crippen molar-refractivity contribution in [2.24, 2.45) is 0 Å². The Balaban J connectivity index is 2.35. The molecule has 0 radical (unpaired) electrons. The number of hydrogen-bond donors (Lipinski definition) is 2. The van der Waals surface area contributed by atoms with Gasteiger partial charge in [0.1, 0.15) is 0 Å². The van der Waals surface area contributed by atoms with Crippen molar-refractivity contribution in [2.75, 3.05) is 5.75 Å². The zero-order valence-electron chi connectivity index (χ0n) is 12.8. The minimum absolute atomic E-state index is 0.0213. The molecule has 0 fully saturated rings. The number of aryl methyl sites for hydroxylation is 2. The van der Waals surface area contributed by atoms with Crippen LogP contribution in [0.5, 0.6) is 0 Å². The van der Waals surface area contributed by atoms with Crippen LogP contribution in [-0.2, 0) is 9.59 Å². The number of benzene rings is 1. The van der Waals surface area contributed by atoms with Crippen molar-refractivity contribution in [3.05, 3.63) is 29.3 Å². The fourth-order valence-electron chi connectivity index (χ4n) is 1.87. The molecule has 0 saturated heterocycles. The summed E-state index contributed by atoms with van der Waals surface area (Å²) in [5.41, 5.74) is 2.51. The Morgan fingerprint density at radius 2 is 2.00 bits per heavy atom. The van der Waals surface area contributed by atoms with Crippen molar-refractivity contribution in [1.82, 2.24) is 5.32 Å². The maximum atomic E-state index is 11.8. The first-order valence-electron chi connectivity index (χ1n) is 7.13. The predicted octanol–water partition coefficient (Wildman–Crippen LogP) is 3.16. The number of thioether (sulfide) groups is 1. The molecule has 1 unspecified atom stereocenters. The molecule has 1 amide bonds. The van der Waals surface area contributed by atoms with Crippen molar-refractivity contribution in [3.8, 4) is 0 Å². The highest BCUT2D eigenvalue weighted by molar-refractivity contribution is 7.99. The van der Waals surface area contributed by atoms with E-state index in [9.17, 15) is 9.59 Å². The van der Waals surface area contributed by atoms with Crippen LogP contribution in [0.2, 0.25) is 0 Å². The number of aliphatic carboxylic acids is 1. The van der Waals surface area contributed by atoms with E-state index in [0.717, 1.165) is 4.90 Å². The molecule has 0 bridgehead atoms. The molecule has 2 N–H and O–H groups in total. The van der Waals surface area contributed by atoms with E-state index in [0.29, 0.717) is 18.6 Å². The molecule has 116 valence electrons. The summed E-state index contributed by atoms with van der Waals surface area (Å²) in [6.07, 6.45) is 1.00. The van der Waals surface area contributed by atoms with Gasteiger partial charge >= 0.3 is 5.97 Å². The summed E-state index contributed by atoms with van der Waals surface area (Å²) in [4.78, 5) is 23.6. The Kier molecular flexibility index (Phi) is 7.29. The van der Waals surface area contributed by atoms with E-state index in [-0.39, 0.29) is 18.4 Å². The lowest BCUT2D eigenvalue weighted by molar-refractivity contribution is -0.137. The van der Waals surface area contributed by atoms with Gasteiger partial charge in [0.05, 0.1) is 6.42 Å². The minimum Gasteiger partial charge on any atom is -0.481 e. The molecule has 0 aliphatic carbocycles. The Bertz CT molecular complexity index is 502. The molecule has 0 saturated carbocycles. The molecule has 1 rings (SSSR count). The lowest BCUT2D eigenvalue weighted by Crippen LogP contribution is -2.36. The van der Waals surface area contributed by atoms with Gasteiger partial charge in [-0.15, -0.1) is 11.8 Å². The molecule has 0 aromatic heterocycles. The molecule has 21 heavy (non-hydrogen) atoms. The topological polar surface area (TPSA) is 66.4 Å². The second kappa shape index (κ2) is 8.72. The highest BCUT2D eigenvalue weighted by Crippen LogP contribution is 2.21. The van der Waals surface area contributed by atoms with Gasteiger partial charge in [0.15, 0.2) is 0 Å². The Hall–Kier alpha value is -1.49. The summed E-state index contributed by atoms with van der Waals surface area (Å²) < 4.78 is 0. The van der Waals surface area contributed by atoms with Gasteiger partial charge in [-0.25, -0.2) is 0 Å². The standard InChI is InChI=1S/C16H23NO3S/c1-4-13(10-16(19)20)17-15(18)7-8-21-14-6-5-11(2)12(3)9-14/h5-6,9,13H,4,7-8,10H2,1-3H3,(H,17,18)(H,19,20). The van der Waals surface area contributed by atoms with E-state index in [4.69, 9.17) is 5.11 Å². The molecule has 0 spiro atoms. The van der Waals surface area contributed by atoms with E-state index in [1.54, 1.807) is 11.8 Å². The first kappa shape index (κ1) is 17.6. The van der Waals surface area contributed by atoms with Gasteiger partial charge in [0, 0.05) is 23.1 Å². The average molecular weight is 309 g/mol. The number of nitrogens with one attached hydrogen (secondary N) is 1. The van der Waals surface area contributed by atoms with Crippen molar-refractivity contribution < 1.29 is 14.7 Å².